The molecule has 104 valence electrons. The number of urea groups is 1. The number of carbonyl (C=O) groups excluding carboxylic acids is 1. The number of benzene rings is 1. The number of carbonyl (C=O) groups is 1. The molecular weight excluding hydrogens is 238 g/mol. The third kappa shape index (κ3) is 3.26. The van der Waals surface area contributed by atoms with Crippen molar-refractivity contribution in [2.45, 2.75) is 38.8 Å². The Morgan fingerprint density at radius 3 is 2.47 bits per heavy atom. The van der Waals surface area contributed by atoms with E-state index in [1.54, 1.807) is 4.90 Å². The van der Waals surface area contributed by atoms with Crippen molar-refractivity contribution in [2.24, 2.45) is 5.73 Å². The molecule has 1 aromatic rings. The Balaban J connectivity index is 2.05. The second kappa shape index (κ2) is 5.61. The van der Waals surface area contributed by atoms with E-state index in [4.69, 9.17) is 5.73 Å². The second-order valence-electron chi connectivity index (χ2n) is 5.71. The van der Waals surface area contributed by atoms with Crippen molar-refractivity contribution in [3.8, 4) is 0 Å². The van der Waals surface area contributed by atoms with E-state index in [0.29, 0.717) is 19.0 Å². The summed E-state index contributed by atoms with van der Waals surface area (Å²) in [6.45, 7) is 7.57. The molecule has 4 nitrogen and oxygen atoms in total. The molecule has 1 heterocycles. The molecule has 0 spiro atoms. The molecule has 2 amide bonds. The quantitative estimate of drug-likeness (QED) is 0.873. The highest BCUT2D eigenvalue weighted by Crippen LogP contribution is 2.22. The molecule has 1 aromatic carbocycles. The summed E-state index contributed by atoms with van der Waals surface area (Å²) >= 11 is 0. The zero-order valence-corrected chi connectivity index (χ0v) is 11.9. The van der Waals surface area contributed by atoms with Gasteiger partial charge in [-0.25, -0.2) is 4.79 Å². The topological polar surface area (TPSA) is 58.4 Å². The van der Waals surface area contributed by atoms with Gasteiger partial charge in [-0.1, -0.05) is 38.1 Å². The van der Waals surface area contributed by atoms with Crippen LogP contribution in [0.2, 0.25) is 0 Å². The molecule has 2 atom stereocenters. The van der Waals surface area contributed by atoms with Gasteiger partial charge in [-0.05, 0) is 24.0 Å². The molecule has 0 aliphatic carbocycles. The molecule has 0 aromatic heterocycles. The molecule has 0 bridgehead atoms. The summed E-state index contributed by atoms with van der Waals surface area (Å²) in [5.74, 6) is 0.529. The first-order valence-corrected chi connectivity index (χ1v) is 6.88. The van der Waals surface area contributed by atoms with Crippen molar-refractivity contribution in [3.63, 3.8) is 0 Å². The maximum atomic E-state index is 11.8. The summed E-state index contributed by atoms with van der Waals surface area (Å²) in [4.78, 5) is 13.6. The SMILES string of the molecule is CC(N)CN1CC(c2ccc(C(C)C)cc2)NC1=O. The second-order valence-corrected chi connectivity index (χ2v) is 5.71. The Morgan fingerprint density at radius 1 is 1.32 bits per heavy atom. The van der Waals surface area contributed by atoms with Crippen molar-refractivity contribution in [3.05, 3.63) is 35.4 Å². The monoisotopic (exact) mass is 261 g/mol. The van der Waals surface area contributed by atoms with Crippen molar-refractivity contribution in [2.75, 3.05) is 13.1 Å². The molecule has 1 saturated heterocycles. The smallest absolute Gasteiger partial charge is 0.318 e. The number of amides is 2. The lowest BCUT2D eigenvalue weighted by Gasteiger charge is -2.17. The summed E-state index contributed by atoms with van der Waals surface area (Å²) in [6, 6.07) is 8.56. The molecule has 2 rings (SSSR count). The van der Waals surface area contributed by atoms with Crippen LogP contribution in [-0.2, 0) is 0 Å². The van der Waals surface area contributed by atoms with Crippen molar-refractivity contribution < 1.29 is 4.79 Å². The van der Waals surface area contributed by atoms with Gasteiger partial charge in [-0.15, -0.1) is 0 Å². The summed E-state index contributed by atoms with van der Waals surface area (Å²) in [5, 5.41) is 3.01. The maximum absolute atomic E-state index is 11.8. The number of nitrogens with one attached hydrogen (secondary N) is 1. The van der Waals surface area contributed by atoms with Crippen molar-refractivity contribution >= 4 is 6.03 Å². The molecule has 1 aliphatic heterocycles. The fraction of sp³-hybridized carbons (Fsp3) is 0.533. The van der Waals surface area contributed by atoms with E-state index < -0.39 is 0 Å². The van der Waals surface area contributed by atoms with E-state index in [9.17, 15) is 4.79 Å². The first kappa shape index (κ1) is 13.9. The first-order chi connectivity index (χ1) is 8.97. The van der Waals surface area contributed by atoms with Crippen molar-refractivity contribution in [1.29, 1.82) is 0 Å². The van der Waals surface area contributed by atoms with Crippen LogP contribution in [0.25, 0.3) is 0 Å². The minimum Gasteiger partial charge on any atom is -0.329 e. The van der Waals surface area contributed by atoms with Gasteiger partial charge >= 0.3 is 6.03 Å². The lowest BCUT2D eigenvalue weighted by Crippen LogP contribution is -2.37. The van der Waals surface area contributed by atoms with Gasteiger partial charge in [0, 0.05) is 19.1 Å². The molecule has 1 aliphatic rings. The van der Waals surface area contributed by atoms with Gasteiger partial charge in [-0.2, -0.15) is 0 Å². The zero-order valence-electron chi connectivity index (χ0n) is 11.9. The minimum absolute atomic E-state index is 0.00724. The molecule has 0 radical (unpaired) electrons. The number of hydrogen-bond donors (Lipinski definition) is 2. The third-order valence-corrected chi connectivity index (χ3v) is 3.50. The van der Waals surface area contributed by atoms with Crippen LogP contribution in [0.4, 0.5) is 4.79 Å². The van der Waals surface area contributed by atoms with Crippen LogP contribution in [-0.4, -0.2) is 30.1 Å². The highest BCUT2D eigenvalue weighted by atomic mass is 16.2. The summed E-state index contributed by atoms with van der Waals surface area (Å²) < 4.78 is 0. The normalized spacial score (nSPS) is 20.8. The van der Waals surface area contributed by atoms with Crippen LogP contribution in [0.5, 0.6) is 0 Å². The van der Waals surface area contributed by atoms with E-state index in [1.165, 1.54) is 5.56 Å². The van der Waals surface area contributed by atoms with Crippen molar-refractivity contribution in [1.82, 2.24) is 10.2 Å². The fourth-order valence-corrected chi connectivity index (χ4v) is 2.40. The van der Waals surface area contributed by atoms with E-state index >= 15 is 0 Å². The molecule has 3 N–H and O–H groups in total. The van der Waals surface area contributed by atoms with Gasteiger partial charge in [-0.3, -0.25) is 0 Å². The standard InChI is InChI=1S/C15H23N3O/c1-10(2)12-4-6-13(7-5-12)14-9-18(8-11(3)16)15(19)17-14/h4-7,10-11,14H,8-9,16H2,1-3H3,(H,17,19). The number of nitrogens with zero attached hydrogens (tertiary/aromatic N) is 1. The van der Waals surface area contributed by atoms with Gasteiger partial charge in [0.05, 0.1) is 6.04 Å². The highest BCUT2D eigenvalue weighted by molar-refractivity contribution is 5.77. The van der Waals surface area contributed by atoms with Crippen LogP contribution < -0.4 is 11.1 Å². The Labute approximate surface area is 115 Å². The summed E-state index contributed by atoms with van der Waals surface area (Å²) in [7, 11) is 0. The lowest BCUT2D eigenvalue weighted by atomic mass is 9.99. The number of hydrogen-bond acceptors (Lipinski definition) is 2. The average Bonchev–Trinajstić information content (AvgIpc) is 2.70. The van der Waals surface area contributed by atoms with Crippen LogP contribution >= 0.6 is 0 Å². The van der Waals surface area contributed by atoms with Gasteiger partial charge in [0.25, 0.3) is 0 Å². The first-order valence-electron chi connectivity index (χ1n) is 6.88. The Bertz CT molecular complexity index is 439. The molecule has 19 heavy (non-hydrogen) atoms. The molecule has 2 unspecified atom stereocenters. The summed E-state index contributed by atoms with van der Waals surface area (Å²) in [6.07, 6.45) is 0. The third-order valence-electron chi connectivity index (χ3n) is 3.50. The predicted molar refractivity (Wildman–Crippen MR) is 77.0 cm³/mol. The van der Waals surface area contributed by atoms with E-state index in [-0.39, 0.29) is 18.1 Å². The van der Waals surface area contributed by atoms with Crippen LogP contribution in [0, 0.1) is 0 Å². The average molecular weight is 261 g/mol. The number of rotatable bonds is 4. The predicted octanol–water partition coefficient (Wildman–Crippen LogP) is 2.22. The molecular formula is C15H23N3O. The molecule has 0 saturated carbocycles. The highest BCUT2D eigenvalue weighted by Gasteiger charge is 2.29. The fourth-order valence-electron chi connectivity index (χ4n) is 2.40. The van der Waals surface area contributed by atoms with Gasteiger partial charge in [0.2, 0.25) is 0 Å². The molecule has 4 heteroatoms. The summed E-state index contributed by atoms with van der Waals surface area (Å²) in [5.41, 5.74) is 8.23. The van der Waals surface area contributed by atoms with E-state index in [2.05, 4.69) is 43.4 Å². The van der Waals surface area contributed by atoms with E-state index in [0.717, 1.165) is 5.56 Å². The molecule has 1 fully saturated rings. The van der Waals surface area contributed by atoms with Gasteiger partial charge in [0.15, 0.2) is 0 Å². The Morgan fingerprint density at radius 2 is 1.95 bits per heavy atom. The van der Waals surface area contributed by atoms with Gasteiger partial charge in [0.1, 0.15) is 0 Å². The minimum atomic E-state index is -0.0183. The maximum Gasteiger partial charge on any atom is 0.318 e. The van der Waals surface area contributed by atoms with E-state index in [1.807, 2.05) is 6.92 Å². The van der Waals surface area contributed by atoms with Crippen LogP contribution in [0.15, 0.2) is 24.3 Å². The van der Waals surface area contributed by atoms with Crippen LogP contribution in [0.1, 0.15) is 43.9 Å². The zero-order chi connectivity index (χ0) is 14.0. The van der Waals surface area contributed by atoms with Crippen LogP contribution in [0.3, 0.4) is 0 Å². The van der Waals surface area contributed by atoms with Gasteiger partial charge < -0.3 is 16.0 Å². The largest absolute Gasteiger partial charge is 0.329 e. The Hall–Kier alpha value is -1.55. The Kier molecular flexibility index (Phi) is 4.10. The number of nitrogens with two attached hydrogens (primary N) is 1. The lowest BCUT2D eigenvalue weighted by molar-refractivity contribution is 0.215.